The fourth-order valence-electron chi connectivity index (χ4n) is 1.45. The maximum Gasteiger partial charge on any atom is 0.171 e. The van der Waals surface area contributed by atoms with Gasteiger partial charge in [-0.2, -0.15) is 0 Å². The van der Waals surface area contributed by atoms with Crippen LogP contribution in [0.2, 0.25) is 0 Å². The molecule has 0 heterocycles. The summed E-state index contributed by atoms with van der Waals surface area (Å²) < 4.78 is 21.0. The van der Waals surface area contributed by atoms with Gasteiger partial charge >= 0.3 is 0 Å². The van der Waals surface area contributed by atoms with Gasteiger partial charge in [-0.05, 0) is 12.1 Å². The number of benzene rings is 1. The summed E-state index contributed by atoms with van der Waals surface area (Å²) in [6.07, 6.45) is 3.39. The molecule has 0 atom stereocenters. The average Bonchev–Trinajstić information content (AvgIpc) is 2.48. The lowest BCUT2D eigenvalue weighted by Crippen LogP contribution is -2.09. The van der Waals surface area contributed by atoms with E-state index in [-0.39, 0.29) is 6.61 Å². The summed E-state index contributed by atoms with van der Waals surface area (Å²) in [4.78, 5) is 11.0. The third-order valence-corrected chi connectivity index (χ3v) is 2.28. The second-order valence-corrected chi connectivity index (χ2v) is 3.56. The quantitative estimate of drug-likeness (QED) is 0.354. The Morgan fingerprint density at radius 2 is 1.60 bits per heavy atom. The van der Waals surface area contributed by atoms with Crippen LogP contribution < -0.4 is 9.47 Å². The standard InChI is InChI=1S/C15H18O5/c1-3-17-8-10-19-14-7-5-6-13(12-16)15(14)20-11-9-18-4-2/h3-7,12H,1-2,8-11H2. The van der Waals surface area contributed by atoms with Crippen LogP contribution in [0.3, 0.4) is 0 Å². The van der Waals surface area contributed by atoms with E-state index in [0.29, 0.717) is 36.9 Å². The molecule has 5 heteroatoms. The van der Waals surface area contributed by atoms with E-state index in [9.17, 15) is 4.79 Å². The minimum Gasteiger partial charge on any atom is -0.498 e. The third-order valence-electron chi connectivity index (χ3n) is 2.28. The summed E-state index contributed by atoms with van der Waals surface area (Å²) in [6, 6.07) is 5.11. The summed E-state index contributed by atoms with van der Waals surface area (Å²) in [7, 11) is 0. The van der Waals surface area contributed by atoms with E-state index in [1.165, 1.54) is 12.5 Å². The van der Waals surface area contributed by atoms with Crippen LogP contribution >= 0.6 is 0 Å². The molecule has 1 aromatic carbocycles. The van der Waals surface area contributed by atoms with Crippen LogP contribution in [-0.2, 0) is 9.47 Å². The molecule has 1 rings (SSSR count). The smallest absolute Gasteiger partial charge is 0.171 e. The van der Waals surface area contributed by atoms with Crippen LogP contribution in [0, 0.1) is 0 Å². The highest BCUT2D eigenvalue weighted by Crippen LogP contribution is 2.30. The van der Waals surface area contributed by atoms with Crippen LogP contribution in [0.15, 0.2) is 43.9 Å². The highest BCUT2D eigenvalue weighted by molar-refractivity contribution is 5.81. The van der Waals surface area contributed by atoms with Gasteiger partial charge in [0.05, 0.1) is 18.1 Å². The number of aldehydes is 1. The fraction of sp³-hybridized carbons (Fsp3) is 0.267. The van der Waals surface area contributed by atoms with Crippen molar-refractivity contribution in [3.05, 3.63) is 49.4 Å². The van der Waals surface area contributed by atoms with E-state index in [0.717, 1.165) is 6.29 Å². The Morgan fingerprint density at radius 1 is 0.950 bits per heavy atom. The minimum absolute atomic E-state index is 0.288. The second-order valence-electron chi connectivity index (χ2n) is 3.56. The van der Waals surface area contributed by atoms with Gasteiger partial charge < -0.3 is 18.9 Å². The lowest BCUT2D eigenvalue weighted by Gasteiger charge is -2.14. The molecular weight excluding hydrogens is 260 g/mol. The van der Waals surface area contributed by atoms with E-state index in [1.807, 2.05) is 0 Å². The number of carbonyl (C=O) groups is 1. The zero-order chi connectivity index (χ0) is 14.6. The molecule has 0 radical (unpaired) electrons. The van der Waals surface area contributed by atoms with Crippen molar-refractivity contribution >= 4 is 6.29 Å². The zero-order valence-corrected chi connectivity index (χ0v) is 11.2. The molecule has 0 amide bonds. The maximum absolute atomic E-state index is 11.0. The summed E-state index contributed by atoms with van der Waals surface area (Å²) in [5, 5.41) is 0. The summed E-state index contributed by atoms with van der Waals surface area (Å²) >= 11 is 0. The van der Waals surface area contributed by atoms with Gasteiger partial charge in [0.25, 0.3) is 0 Å². The number of ether oxygens (including phenoxy) is 4. The van der Waals surface area contributed by atoms with Crippen molar-refractivity contribution in [1.29, 1.82) is 0 Å². The molecule has 0 fully saturated rings. The topological polar surface area (TPSA) is 54.0 Å². The molecule has 5 nitrogen and oxygen atoms in total. The molecule has 1 aromatic rings. The zero-order valence-electron chi connectivity index (χ0n) is 11.2. The number of carbonyl (C=O) groups excluding carboxylic acids is 1. The Kier molecular flexibility index (Phi) is 7.42. The molecule has 0 aliphatic heterocycles. The van der Waals surface area contributed by atoms with Crippen LogP contribution in [0.25, 0.3) is 0 Å². The largest absolute Gasteiger partial charge is 0.498 e. The van der Waals surface area contributed by atoms with Crippen LogP contribution in [0.5, 0.6) is 11.5 Å². The predicted octanol–water partition coefficient (Wildman–Crippen LogP) is 2.58. The van der Waals surface area contributed by atoms with Gasteiger partial charge in [0, 0.05) is 0 Å². The van der Waals surface area contributed by atoms with E-state index >= 15 is 0 Å². The summed E-state index contributed by atoms with van der Waals surface area (Å²) in [6.45, 7) is 8.20. The second kappa shape index (κ2) is 9.49. The SMILES string of the molecule is C=COCCOc1cccc(C=O)c1OCCOC=C. The van der Waals surface area contributed by atoms with E-state index in [4.69, 9.17) is 18.9 Å². The number of rotatable bonds is 11. The first kappa shape index (κ1) is 15.6. The van der Waals surface area contributed by atoms with Crippen molar-refractivity contribution in [1.82, 2.24) is 0 Å². The molecule has 0 saturated carbocycles. The van der Waals surface area contributed by atoms with Gasteiger partial charge in [-0.15, -0.1) is 0 Å². The van der Waals surface area contributed by atoms with Crippen LogP contribution in [-0.4, -0.2) is 32.7 Å². The Bertz CT molecular complexity index is 442. The van der Waals surface area contributed by atoms with Crippen molar-refractivity contribution in [3.8, 4) is 11.5 Å². The molecule has 20 heavy (non-hydrogen) atoms. The monoisotopic (exact) mass is 278 g/mol. The van der Waals surface area contributed by atoms with Crippen molar-refractivity contribution in [2.75, 3.05) is 26.4 Å². The molecule has 0 saturated heterocycles. The van der Waals surface area contributed by atoms with Gasteiger partial charge in [0.2, 0.25) is 0 Å². The molecular formula is C15H18O5. The third kappa shape index (κ3) is 5.06. The van der Waals surface area contributed by atoms with E-state index < -0.39 is 0 Å². The van der Waals surface area contributed by atoms with Crippen molar-refractivity contribution in [2.24, 2.45) is 0 Å². The molecule has 0 aliphatic rings. The lowest BCUT2D eigenvalue weighted by atomic mass is 10.2. The predicted molar refractivity (Wildman–Crippen MR) is 75.1 cm³/mol. The minimum atomic E-state index is 0.288. The van der Waals surface area contributed by atoms with Crippen molar-refractivity contribution < 1.29 is 23.7 Å². The Balaban J connectivity index is 2.67. The van der Waals surface area contributed by atoms with Gasteiger partial charge in [-0.25, -0.2) is 0 Å². The first-order valence-electron chi connectivity index (χ1n) is 6.12. The maximum atomic E-state index is 11.0. The van der Waals surface area contributed by atoms with Crippen molar-refractivity contribution in [3.63, 3.8) is 0 Å². The molecule has 108 valence electrons. The molecule has 0 aromatic heterocycles. The number of para-hydroxylation sites is 1. The molecule has 0 bridgehead atoms. The fourth-order valence-corrected chi connectivity index (χ4v) is 1.45. The molecule has 0 N–H and O–H groups in total. The summed E-state index contributed by atoms with van der Waals surface area (Å²) in [5.41, 5.74) is 0.422. The van der Waals surface area contributed by atoms with Crippen LogP contribution in [0.4, 0.5) is 0 Å². The Morgan fingerprint density at radius 3 is 2.20 bits per heavy atom. The van der Waals surface area contributed by atoms with Crippen molar-refractivity contribution in [2.45, 2.75) is 0 Å². The average molecular weight is 278 g/mol. The van der Waals surface area contributed by atoms with Gasteiger partial charge in [-0.1, -0.05) is 19.2 Å². The van der Waals surface area contributed by atoms with E-state index in [2.05, 4.69) is 13.2 Å². The normalized spacial score (nSPS) is 9.40. The van der Waals surface area contributed by atoms with Gasteiger partial charge in [0.1, 0.15) is 26.4 Å². The lowest BCUT2D eigenvalue weighted by molar-refractivity contribution is 0.111. The Hall–Kier alpha value is -2.43. The molecule has 0 unspecified atom stereocenters. The highest BCUT2D eigenvalue weighted by Gasteiger charge is 2.10. The van der Waals surface area contributed by atoms with Crippen LogP contribution in [0.1, 0.15) is 10.4 Å². The molecule has 0 aliphatic carbocycles. The highest BCUT2D eigenvalue weighted by atomic mass is 16.5. The first-order valence-corrected chi connectivity index (χ1v) is 6.12. The first-order chi connectivity index (χ1) is 9.83. The van der Waals surface area contributed by atoms with Gasteiger partial charge in [-0.3, -0.25) is 4.79 Å². The number of hydrogen-bond acceptors (Lipinski definition) is 5. The Labute approximate surface area is 118 Å². The van der Waals surface area contributed by atoms with E-state index in [1.54, 1.807) is 18.2 Å². The van der Waals surface area contributed by atoms with Gasteiger partial charge in [0.15, 0.2) is 17.8 Å². The number of hydrogen-bond donors (Lipinski definition) is 0. The molecule has 0 spiro atoms. The summed E-state index contributed by atoms with van der Waals surface area (Å²) in [5.74, 6) is 0.884.